The number of benzene rings is 4. The molecule has 0 aliphatic heterocycles. The Balaban J connectivity index is 2.00. The third-order valence-electron chi connectivity index (χ3n) is 6.24. The molecule has 13 nitrogen and oxygen atoms in total. The molecule has 0 aliphatic carbocycles. The third kappa shape index (κ3) is 5.09. The number of carboxylic acid groups (broad SMARTS) is 4. The SMILES string of the molecule is Nc1cc(-c2ccc(C(=O)O)c(N)c2Oc2c(-c3ccc(C(=O)O)c(N)c3)ccc(C(=O)O)c2N)ccc1C(=O)O. The van der Waals surface area contributed by atoms with Gasteiger partial charge in [-0.2, -0.15) is 0 Å². The number of carboxylic acids is 4. The van der Waals surface area contributed by atoms with Gasteiger partial charge >= 0.3 is 23.9 Å². The standard InChI is InChI=1S/C28H22N4O9/c29-19-9-11(1-3-15(19)25(33)34)13-5-7-17(27(37)38)21(31)23(13)41-24-14(6-8-18(22(24)32)28(39)40)12-2-4-16(26(35)36)20(30)10-12/h1-10H,29-32H2,(H,33,34)(H,35,36)(H,37,38)(H,39,40). The molecule has 4 rings (SSSR count). The van der Waals surface area contributed by atoms with Crippen molar-refractivity contribution in [3.8, 4) is 33.8 Å². The number of anilines is 4. The summed E-state index contributed by atoms with van der Waals surface area (Å²) in [5.41, 5.74) is 23.4. The van der Waals surface area contributed by atoms with Gasteiger partial charge in [0.2, 0.25) is 0 Å². The fraction of sp³-hybridized carbons (Fsp3) is 0. The van der Waals surface area contributed by atoms with Crippen LogP contribution in [-0.4, -0.2) is 44.3 Å². The Morgan fingerprint density at radius 2 is 0.805 bits per heavy atom. The Bertz CT molecular complexity index is 1650. The number of rotatable bonds is 8. The zero-order valence-corrected chi connectivity index (χ0v) is 20.9. The minimum atomic E-state index is -1.39. The van der Waals surface area contributed by atoms with Crippen molar-refractivity contribution in [1.82, 2.24) is 0 Å². The maximum atomic E-state index is 11.9. The zero-order chi connectivity index (χ0) is 30.2. The predicted molar refractivity (Wildman–Crippen MR) is 149 cm³/mol. The molecule has 0 heterocycles. The summed E-state index contributed by atoms with van der Waals surface area (Å²) in [6, 6.07) is 13.1. The van der Waals surface area contributed by atoms with E-state index < -0.39 is 23.9 Å². The molecule has 0 unspecified atom stereocenters. The maximum absolute atomic E-state index is 11.9. The first kappa shape index (κ1) is 27.8. The summed E-state index contributed by atoms with van der Waals surface area (Å²) in [4.78, 5) is 46.6. The van der Waals surface area contributed by atoms with Gasteiger partial charge in [-0.1, -0.05) is 12.1 Å². The number of nitrogens with two attached hydrogens (primary N) is 4. The summed E-state index contributed by atoms with van der Waals surface area (Å²) in [6.07, 6.45) is 0. The van der Waals surface area contributed by atoms with Crippen LogP contribution in [0.15, 0.2) is 60.7 Å². The van der Waals surface area contributed by atoms with Crippen molar-refractivity contribution in [2.45, 2.75) is 0 Å². The highest BCUT2D eigenvalue weighted by atomic mass is 16.5. The lowest BCUT2D eigenvalue weighted by Crippen LogP contribution is -2.09. The lowest BCUT2D eigenvalue weighted by molar-refractivity contribution is 0.0687. The molecule has 12 N–H and O–H groups in total. The smallest absolute Gasteiger partial charge is 0.337 e. The van der Waals surface area contributed by atoms with Gasteiger partial charge in [0.05, 0.1) is 33.6 Å². The van der Waals surface area contributed by atoms with E-state index in [2.05, 4.69) is 0 Å². The first-order chi connectivity index (χ1) is 19.3. The van der Waals surface area contributed by atoms with E-state index in [1.54, 1.807) is 0 Å². The average molecular weight is 559 g/mol. The van der Waals surface area contributed by atoms with Crippen molar-refractivity contribution >= 4 is 46.6 Å². The highest BCUT2D eigenvalue weighted by Gasteiger charge is 2.24. The molecule has 4 aromatic rings. The number of ether oxygens (including phenoxy) is 1. The van der Waals surface area contributed by atoms with E-state index in [0.29, 0.717) is 11.1 Å². The van der Waals surface area contributed by atoms with Crippen LogP contribution in [0.4, 0.5) is 22.7 Å². The highest BCUT2D eigenvalue weighted by Crippen LogP contribution is 2.46. The topological polar surface area (TPSA) is 263 Å². The first-order valence-corrected chi connectivity index (χ1v) is 11.6. The fourth-order valence-corrected chi connectivity index (χ4v) is 4.20. The Kier molecular flexibility index (Phi) is 7.11. The van der Waals surface area contributed by atoms with E-state index in [1.807, 2.05) is 0 Å². The molecule has 0 radical (unpaired) electrons. The van der Waals surface area contributed by atoms with Crippen molar-refractivity contribution in [3.05, 3.63) is 82.9 Å². The molecule has 0 amide bonds. The quantitative estimate of drug-likeness (QED) is 0.143. The van der Waals surface area contributed by atoms with Crippen LogP contribution in [0.1, 0.15) is 41.4 Å². The predicted octanol–water partition coefficient (Wildman–Crippen LogP) is 3.93. The zero-order valence-electron chi connectivity index (χ0n) is 20.9. The van der Waals surface area contributed by atoms with Crippen molar-refractivity contribution in [2.75, 3.05) is 22.9 Å². The van der Waals surface area contributed by atoms with Crippen molar-refractivity contribution < 1.29 is 44.3 Å². The van der Waals surface area contributed by atoms with Crippen LogP contribution in [0.3, 0.4) is 0 Å². The van der Waals surface area contributed by atoms with Gasteiger partial charge in [-0.25, -0.2) is 19.2 Å². The third-order valence-corrected chi connectivity index (χ3v) is 6.24. The van der Waals surface area contributed by atoms with Crippen LogP contribution in [0, 0.1) is 0 Å². The summed E-state index contributed by atoms with van der Waals surface area (Å²) >= 11 is 0. The van der Waals surface area contributed by atoms with Crippen LogP contribution in [0.5, 0.6) is 11.5 Å². The molecule has 0 spiro atoms. The molecule has 41 heavy (non-hydrogen) atoms. The molecule has 0 aliphatic rings. The van der Waals surface area contributed by atoms with Crippen molar-refractivity contribution in [3.63, 3.8) is 0 Å². The van der Waals surface area contributed by atoms with Crippen molar-refractivity contribution in [1.29, 1.82) is 0 Å². The molecule has 13 heteroatoms. The number of carbonyl (C=O) groups is 4. The molecular formula is C28H22N4O9. The Hall–Kier alpha value is -6.24. The van der Waals surface area contributed by atoms with E-state index in [4.69, 9.17) is 27.7 Å². The number of aromatic carboxylic acids is 4. The molecule has 208 valence electrons. The van der Waals surface area contributed by atoms with Crippen LogP contribution in [0.25, 0.3) is 22.3 Å². The first-order valence-electron chi connectivity index (χ1n) is 11.6. The van der Waals surface area contributed by atoms with Gasteiger partial charge in [0.1, 0.15) is 0 Å². The summed E-state index contributed by atoms with van der Waals surface area (Å²) in [5, 5.41) is 38.0. The Morgan fingerprint density at radius 1 is 0.488 bits per heavy atom. The Labute approximate surface area is 230 Å². The highest BCUT2D eigenvalue weighted by molar-refractivity contribution is 6.01. The lowest BCUT2D eigenvalue weighted by atomic mass is 9.97. The number of nitrogen functional groups attached to an aromatic ring is 4. The fourth-order valence-electron chi connectivity index (χ4n) is 4.20. The minimum Gasteiger partial charge on any atom is -0.478 e. The van der Waals surface area contributed by atoms with Crippen LogP contribution < -0.4 is 27.7 Å². The summed E-state index contributed by atoms with van der Waals surface area (Å²) in [7, 11) is 0. The molecule has 0 bridgehead atoms. The minimum absolute atomic E-state index is 0.0936. The normalized spacial score (nSPS) is 10.6. The summed E-state index contributed by atoms with van der Waals surface area (Å²) in [5.74, 6) is -5.77. The second-order valence-electron chi connectivity index (χ2n) is 8.73. The van der Waals surface area contributed by atoms with Gasteiger partial charge in [0, 0.05) is 22.5 Å². The molecule has 0 fully saturated rings. The van der Waals surface area contributed by atoms with Gasteiger partial charge in [0.15, 0.2) is 11.5 Å². The number of hydrogen-bond donors (Lipinski definition) is 8. The molecular weight excluding hydrogens is 536 g/mol. The van der Waals surface area contributed by atoms with Crippen LogP contribution in [-0.2, 0) is 0 Å². The summed E-state index contributed by atoms with van der Waals surface area (Å²) < 4.78 is 6.14. The van der Waals surface area contributed by atoms with Gasteiger partial charge in [-0.15, -0.1) is 0 Å². The van der Waals surface area contributed by atoms with Gasteiger partial charge < -0.3 is 48.1 Å². The average Bonchev–Trinajstić information content (AvgIpc) is 2.89. The maximum Gasteiger partial charge on any atom is 0.337 e. The molecule has 4 aromatic carbocycles. The van der Waals surface area contributed by atoms with Gasteiger partial charge in [0.25, 0.3) is 0 Å². The largest absolute Gasteiger partial charge is 0.478 e. The van der Waals surface area contributed by atoms with E-state index in [1.165, 1.54) is 60.7 Å². The second kappa shape index (κ2) is 10.5. The van der Waals surface area contributed by atoms with Crippen molar-refractivity contribution in [2.24, 2.45) is 0 Å². The molecule has 0 aromatic heterocycles. The van der Waals surface area contributed by atoms with E-state index >= 15 is 0 Å². The van der Waals surface area contributed by atoms with E-state index in [9.17, 15) is 39.6 Å². The molecule has 0 saturated carbocycles. The number of hydrogen-bond acceptors (Lipinski definition) is 9. The van der Waals surface area contributed by atoms with E-state index in [-0.39, 0.29) is 67.6 Å². The van der Waals surface area contributed by atoms with Gasteiger partial charge in [-0.3, -0.25) is 0 Å². The monoisotopic (exact) mass is 558 g/mol. The molecule has 0 saturated heterocycles. The van der Waals surface area contributed by atoms with Crippen LogP contribution in [0.2, 0.25) is 0 Å². The van der Waals surface area contributed by atoms with Crippen LogP contribution >= 0.6 is 0 Å². The molecule has 0 atom stereocenters. The van der Waals surface area contributed by atoms with E-state index in [0.717, 1.165) is 0 Å². The van der Waals surface area contributed by atoms with Gasteiger partial charge in [-0.05, 0) is 59.7 Å². The second-order valence-corrected chi connectivity index (χ2v) is 8.73. The lowest BCUT2D eigenvalue weighted by Gasteiger charge is -2.20. The summed E-state index contributed by atoms with van der Waals surface area (Å²) in [6.45, 7) is 0. The Morgan fingerprint density at radius 3 is 1.10 bits per heavy atom.